The van der Waals surface area contributed by atoms with Crippen LogP contribution in [0.15, 0.2) is 36.4 Å². The van der Waals surface area contributed by atoms with Crippen LogP contribution in [-0.2, 0) is 4.79 Å². The summed E-state index contributed by atoms with van der Waals surface area (Å²) in [6, 6.07) is 10.6. The second kappa shape index (κ2) is 6.84. The van der Waals surface area contributed by atoms with Crippen LogP contribution in [0.5, 0.6) is 5.75 Å². The van der Waals surface area contributed by atoms with Crippen LogP contribution in [0, 0.1) is 6.92 Å². The molecule has 0 fully saturated rings. The highest BCUT2D eigenvalue weighted by Gasteiger charge is 2.30. The first-order valence-electron chi connectivity index (χ1n) is 8.25. The minimum atomic E-state index is -0.384. The van der Waals surface area contributed by atoms with Gasteiger partial charge in [0.2, 0.25) is 5.91 Å². The van der Waals surface area contributed by atoms with Crippen molar-refractivity contribution < 1.29 is 9.53 Å². The van der Waals surface area contributed by atoms with Crippen LogP contribution in [-0.4, -0.2) is 24.6 Å². The second-order valence-electron chi connectivity index (χ2n) is 6.39. The van der Waals surface area contributed by atoms with E-state index in [9.17, 15) is 4.79 Å². The molecule has 25 heavy (non-hydrogen) atoms. The molecule has 1 aliphatic heterocycles. The van der Waals surface area contributed by atoms with Crippen LogP contribution in [0.2, 0.25) is 5.02 Å². The van der Waals surface area contributed by atoms with Crippen molar-refractivity contribution in [3.8, 4) is 5.75 Å². The van der Waals surface area contributed by atoms with Crippen molar-refractivity contribution in [1.29, 1.82) is 0 Å². The lowest BCUT2D eigenvalue weighted by atomic mass is 10.1. The Balaban J connectivity index is 1.85. The zero-order valence-electron chi connectivity index (χ0n) is 14.5. The number of nitrogens with zero attached hydrogens (tertiary/aromatic N) is 1. The number of carbonyl (C=O) groups is 1. The molecule has 2 unspecified atom stereocenters. The highest BCUT2D eigenvalue weighted by Crippen LogP contribution is 2.36. The fourth-order valence-electron chi connectivity index (χ4n) is 2.98. The Hall–Kier alpha value is -2.40. The Bertz CT molecular complexity index is 809. The molecule has 3 rings (SSSR count). The molecular weight excluding hydrogens is 338 g/mol. The van der Waals surface area contributed by atoms with Crippen LogP contribution in [0.4, 0.5) is 17.1 Å². The highest BCUT2D eigenvalue weighted by atomic mass is 35.5. The van der Waals surface area contributed by atoms with Crippen molar-refractivity contribution in [3.63, 3.8) is 0 Å². The lowest BCUT2D eigenvalue weighted by Crippen LogP contribution is -2.48. The van der Waals surface area contributed by atoms with Gasteiger partial charge in [-0.25, -0.2) is 0 Å². The standard InChI is InChI=1S/C19H22ClN3O2/c1-11-10-23(17-9-14(21)7-8-18(17)25-11)13(3)19(24)22-16-6-4-5-15(20)12(16)2/h4-9,11,13H,10,21H2,1-3H3,(H,22,24). The van der Waals surface area contributed by atoms with Gasteiger partial charge < -0.3 is 20.7 Å². The number of halogens is 1. The van der Waals surface area contributed by atoms with Gasteiger partial charge in [0.1, 0.15) is 17.9 Å². The zero-order valence-corrected chi connectivity index (χ0v) is 15.3. The molecule has 1 amide bonds. The molecule has 0 saturated carbocycles. The molecule has 2 aromatic rings. The first-order valence-corrected chi connectivity index (χ1v) is 8.63. The third-order valence-electron chi connectivity index (χ3n) is 4.45. The summed E-state index contributed by atoms with van der Waals surface area (Å²) in [6.07, 6.45) is -0.0146. The van der Waals surface area contributed by atoms with Gasteiger partial charge in [-0.05, 0) is 56.7 Å². The topological polar surface area (TPSA) is 67.6 Å². The smallest absolute Gasteiger partial charge is 0.246 e. The molecule has 5 nitrogen and oxygen atoms in total. The molecule has 0 saturated heterocycles. The Labute approximate surface area is 152 Å². The molecule has 0 radical (unpaired) electrons. The lowest BCUT2D eigenvalue weighted by Gasteiger charge is -2.38. The summed E-state index contributed by atoms with van der Waals surface area (Å²) < 4.78 is 5.85. The van der Waals surface area contributed by atoms with Crippen LogP contribution >= 0.6 is 11.6 Å². The van der Waals surface area contributed by atoms with E-state index in [-0.39, 0.29) is 18.1 Å². The molecule has 2 atom stereocenters. The van der Waals surface area contributed by atoms with Crippen molar-refractivity contribution in [2.45, 2.75) is 32.9 Å². The van der Waals surface area contributed by atoms with E-state index < -0.39 is 0 Å². The van der Waals surface area contributed by atoms with E-state index in [4.69, 9.17) is 22.1 Å². The van der Waals surface area contributed by atoms with Gasteiger partial charge >= 0.3 is 0 Å². The maximum absolute atomic E-state index is 12.8. The number of anilines is 3. The van der Waals surface area contributed by atoms with E-state index in [2.05, 4.69) is 5.32 Å². The van der Waals surface area contributed by atoms with Crippen LogP contribution in [0.1, 0.15) is 19.4 Å². The van der Waals surface area contributed by atoms with E-state index in [1.807, 2.05) is 49.9 Å². The summed E-state index contributed by atoms with van der Waals surface area (Å²) in [7, 11) is 0. The molecule has 1 heterocycles. The Morgan fingerprint density at radius 1 is 1.40 bits per heavy atom. The number of hydrogen-bond acceptors (Lipinski definition) is 4. The van der Waals surface area contributed by atoms with Crippen molar-refractivity contribution in [3.05, 3.63) is 47.0 Å². The summed E-state index contributed by atoms with van der Waals surface area (Å²) in [5.74, 6) is 0.638. The van der Waals surface area contributed by atoms with Crippen molar-refractivity contribution in [1.82, 2.24) is 0 Å². The molecule has 3 N–H and O–H groups in total. The van der Waals surface area contributed by atoms with Gasteiger partial charge in [-0.1, -0.05) is 17.7 Å². The van der Waals surface area contributed by atoms with Gasteiger partial charge in [0.05, 0.1) is 12.2 Å². The number of nitrogens with one attached hydrogen (secondary N) is 1. The normalized spacial score (nSPS) is 17.4. The summed E-state index contributed by atoms with van der Waals surface area (Å²) in [6.45, 7) is 6.35. The van der Waals surface area contributed by atoms with Gasteiger partial charge in [0.15, 0.2) is 0 Å². The van der Waals surface area contributed by atoms with E-state index in [0.717, 1.165) is 22.7 Å². The average Bonchev–Trinajstić information content (AvgIpc) is 2.58. The molecule has 2 aromatic carbocycles. The predicted molar refractivity (Wildman–Crippen MR) is 103 cm³/mol. The SMILES string of the molecule is Cc1c(Cl)cccc1NC(=O)C(C)N1CC(C)Oc2ccc(N)cc21. The maximum Gasteiger partial charge on any atom is 0.246 e. The second-order valence-corrected chi connectivity index (χ2v) is 6.79. The lowest BCUT2D eigenvalue weighted by molar-refractivity contribution is -0.117. The molecule has 0 aliphatic carbocycles. The summed E-state index contributed by atoms with van der Waals surface area (Å²) >= 11 is 6.14. The number of ether oxygens (including phenoxy) is 1. The van der Waals surface area contributed by atoms with Crippen LogP contribution in [0.3, 0.4) is 0 Å². The molecule has 0 bridgehead atoms. The van der Waals surface area contributed by atoms with Crippen molar-refractivity contribution in [2.24, 2.45) is 0 Å². The minimum Gasteiger partial charge on any atom is -0.487 e. The van der Waals surface area contributed by atoms with E-state index in [0.29, 0.717) is 17.3 Å². The number of fused-ring (bicyclic) bond motifs is 1. The monoisotopic (exact) mass is 359 g/mol. The molecule has 0 aromatic heterocycles. The Morgan fingerprint density at radius 2 is 2.16 bits per heavy atom. The molecular formula is C19H22ClN3O2. The fraction of sp³-hybridized carbons (Fsp3) is 0.316. The molecule has 0 spiro atoms. The van der Waals surface area contributed by atoms with E-state index in [1.165, 1.54) is 0 Å². The number of rotatable bonds is 3. The Morgan fingerprint density at radius 3 is 2.92 bits per heavy atom. The number of hydrogen-bond donors (Lipinski definition) is 2. The molecule has 132 valence electrons. The fourth-order valence-corrected chi connectivity index (χ4v) is 3.15. The first-order chi connectivity index (χ1) is 11.9. The third-order valence-corrected chi connectivity index (χ3v) is 4.86. The number of amides is 1. The zero-order chi connectivity index (χ0) is 18.1. The summed E-state index contributed by atoms with van der Waals surface area (Å²) in [5, 5.41) is 3.60. The molecule has 6 heteroatoms. The summed E-state index contributed by atoms with van der Waals surface area (Å²) in [4.78, 5) is 14.8. The number of benzene rings is 2. The van der Waals surface area contributed by atoms with E-state index >= 15 is 0 Å². The van der Waals surface area contributed by atoms with Crippen molar-refractivity contribution in [2.75, 3.05) is 22.5 Å². The van der Waals surface area contributed by atoms with Crippen molar-refractivity contribution >= 4 is 34.6 Å². The van der Waals surface area contributed by atoms with Gasteiger partial charge in [0, 0.05) is 16.4 Å². The largest absolute Gasteiger partial charge is 0.487 e. The van der Waals surface area contributed by atoms with Gasteiger partial charge in [-0.3, -0.25) is 4.79 Å². The Kier molecular flexibility index (Phi) is 4.77. The highest BCUT2D eigenvalue weighted by molar-refractivity contribution is 6.31. The summed E-state index contributed by atoms with van der Waals surface area (Å²) in [5.41, 5.74) is 8.97. The minimum absolute atomic E-state index is 0.0146. The molecule has 1 aliphatic rings. The van der Waals surface area contributed by atoms with Crippen LogP contribution < -0.4 is 20.7 Å². The quantitative estimate of drug-likeness (QED) is 0.817. The van der Waals surface area contributed by atoms with Gasteiger partial charge in [-0.2, -0.15) is 0 Å². The van der Waals surface area contributed by atoms with Gasteiger partial charge in [0.25, 0.3) is 0 Å². The van der Waals surface area contributed by atoms with E-state index in [1.54, 1.807) is 12.1 Å². The first kappa shape index (κ1) is 17.4. The average molecular weight is 360 g/mol. The third kappa shape index (κ3) is 3.51. The number of carbonyl (C=O) groups excluding carboxylic acids is 1. The van der Waals surface area contributed by atoms with Gasteiger partial charge in [-0.15, -0.1) is 0 Å². The van der Waals surface area contributed by atoms with Crippen LogP contribution in [0.25, 0.3) is 0 Å². The predicted octanol–water partition coefficient (Wildman–Crippen LogP) is 3.85. The number of nitrogen functional groups attached to an aromatic ring is 1. The maximum atomic E-state index is 12.8. The number of nitrogens with two attached hydrogens (primary N) is 1.